The molecule has 2 aliphatic rings. The molecule has 0 spiro atoms. The Morgan fingerprint density at radius 1 is 0.844 bits per heavy atom. The second-order valence-electron chi connectivity index (χ2n) is 7.35. The fraction of sp³-hybridized carbons (Fsp3) is 0.125. The van der Waals surface area contributed by atoms with E-state index in [0.29, 0.717) is 40.4 Å². The summed E-state index contributed by atoms with van der Waals surface area (Å²) in [5.41, 5.74) is 2.62. The van der Waals surface area contributed by atoms with Crippen molar-refractivity contribution < 1.29 is 28.6 Å². The number of cyclic esters (lactones) is 1. The molecule has 0 saturated carbocycles. The number of nitrogens with one attached hydrogen (secondary N) is 2. The van der Waals surface area contributed by atoms with Crippen LogP contribution in [0.15, 0.2) is 66.7 Å². The Morgan fingerprint density at radius 2 is 1.62 bits per heavy atom. The molecule has 8 heteroatoms. The largest absolute Gasteiger partial charge is 0.454 e. The summed E-state index contributed by atoms with van der Waals surface area (Å²) < 4.78 is 15.9. The van der Waals surface area contributed by atoms with Crippen LogP contribution in [0.2, 0.25) is 0 Å². The fourth-order valence-electron chi connectivity index (χ4n) is 3.62. The van der Waals surface area contributed by atoms with Crippen LogP contribution in [-0.2, 0) is 16.0 Å². The lowest BCUT2D eigenvalue weighted by Gasteiger charge is -2.23. The van der Waals surface area contributed by atoms with Gasteiger partial charge in [0, 0.05) is 23.4 Å². The molecule has 160 valence electrons. The molecule has 0 aliphatic carbocycles. The number of esters is 1. The fourth-order valence-corrected chi connectivity index (χ4v) is 3.62. The summed E-state index contributed by atoms with van der Waals surface area (Å²) in [6.45, 7) is 0.129. The topological polar surface area (TPSA) is 103 Å². The van der Waals surface area contributed by atoms with Crippen molar-refractivity contribution in [3.05, 3.63) is 83.4 Å². The van der Waals surface area contributed by atoms with Crippen LogP contribution in [0.3, 0.4) is 0 Å². The van der Waals surface area contributed by atoms with Crippen molar-refractivity contribution in [3.8, 4) is 11.5 Å². The number of carbonyl (C=O) groups is 3. The zero-order chi connectivity index (χ0) is 22.1. The highest BCUT2D eigenvalue weighted by Gasteiger charge is 2.31. The van der Waals surface area contributed by atoms with E-state index >= 15 is 0 Å². The number of rotatable bonds is 4. The lowest BCUT2D eigenvalue weighted by atomic mass is 9.98. The SMILES string of the molecule is O=C(Nc1cccc(NC(=O)C2Cc3ccccc3C(=O)O2)c1)c1ccc2c(c1)OCO2. The molecule has 0 aromatic heterocycles. The summed E-state index contributed by atoms with van der Waals surface area (Å²) in [7, 11) is 0. The molecular weight excluding hydrogens is 412 g/mol. The van der Waals surface area contributed by atoms with E-state index in [1.54, 1.807) is 54.6 Å². The Morgan fingerprint density at radius 3 is 2.50 bits per heavy atom. The number of amides is 2. The Bertz CT molecular complexity index is 1240. The van der Waals surface area contributed by atoms with Gasteiger partial charge in [0.05, 0.1) is 5.56 Å². The van der Waals surface area contributed by atoms with E-state index in [0.717, 1.165) is 5.56 Å². The van der Waals surface area contributed by atoms with Gasteiger partial charge < -0.3 is 24.8 Å². The highest BCUT2D eigenvalue weighted by Crippen LogP contribution is 2.32. The molecule has 0 radical (unpaired) electrons. The van der Waals surface area contributed by atoms with Gasteiger partial charge in [-0.25, -0.2) is 4.79 Å². The standard InChI is InChI=1S/C24H18N2O6/c27-22(15-8-9-19-20(11-15)31-13-30-19)25-16-5-3-6-17(12-16)26-23(28)21-10-14-4-1-2-7-18(14)24(29)32-21/h1-9,11-12,21H,10,13H2,(H,25,27)(H,26,28). The van der Waals surface area contributed by atoms with Crippen molar-refractivity contribution >= 4 is 29.2 Å². The van der Waals surface area contributed by atoms with E-state index in [4.69, 9.17) is 14.2 Å². The van der Waals surface area contributed by atoms with Crippen molar-refractivity contribution in [3.63, 3.8) is 0 Å². The maximum Gasteiger partial charge on any atom is 0.339 e. The number of hydrogen-bond acceptors (Lipinski definition) is 6. The highest BCUT2D eigenvalue weighted by atomic mass is 16.7. The summed E-state index contributed by atoms with van der Waals surface area (Å²) in [6, 6.07) is 18.7. The minimum Gasteiger partial charge on any atom is -0.454 e. The van der Waals surface area contributed by atoms with E-state index in [9.17, 15) is 14.4 Å². The molecule has 1 unspecified atom stereocenters. The third-order valence-corrected chi connectivity index (χ3v) is 5.21. The predicted octanol–water partition coefficient (Wildman–Crippen LogP) is 3.39. The summed E-state index contributed by atoms with van der Waals surface area (Å²) in [5, 5.41) is 5.54. The minimum absolute atomic E-state index is 0.129. The molecule has 3 aromatic rings. The maximum absolute atomic E-state index is 12.7. The molecule has 2 amide bonds. The first-order chi connectivity index (χ1) is 15.6. The first-order valence-electron chi connectivity index (χ1n) is 9.98. The third-order valence-electron chi connectivity index (χ3n) is 5.21. The monoisotopic (exact) mass is 430 g/mol. The molecule has 0 fully saturated rings. The zero-order valence-electron chi connectivity index (χ0n) is 16.8. The number of benzene rings is 3. The van der Waals surface area contributed by atoms with Crippen molar-refractivity contribution in [2.75, 3.05) is 17.4 Å². The van der Waals surface area contributed by atoms with Gasteiger partial charge in [-0.05, 0) is 48.0 Å². The van der Waals surface area contributed by atoms with Gasteiger partial charge in [-0.3, -0.25) is 9.59 Å². The number of carbonyl (C=O) groups excluding carboxylic acids is 3. The van der Waals surface area contributed by atoms with Crippen LogP contribution >= 0.6 is 0 Å². The Labute approximate surface area is 183 Å². The summed E-state index contributed by atoms with van der Waals surface area (Å²) in [4.78, 5) is 37.4. The smallest absolute Gasteiger partial charge is 0.339 e. The number of hydrogen-bond donors (Lipinski definition) is 2. The van der Waals surface area contributed by atoms with E-state index in [1.165, 1.54) is 0 Å². The van der Waals surface area contributed by atoms with Crippen LogP contribution in [-0.4, -0.2) is 30.7 Å². The van der Waals surface area contributed by atoms with E-state index < -0.39 is 18.0 Å². The zero-order valence-corrected chi connectivity index (χ0v) is 16.8. The Balaban J connectivity index is 1.26. The number of fused-ring (bicyclic) bond motifs is 2. The molecule has 8 nitrogen and oxygen atoms in total. The van der Waals surface area contributed by atoms with Gasteiger partial charge in [0.2, 0.25) is 6.79 Å². The molecule has 2 N–H and O–H groups in total. The van der Waals surface area contributed by atoms with E-state index in [1.807, 2.05) is 12.1 Å². The van der Waals surface area contributed by atoms with Crippen molar-refractivity contribution in [1.29, 1.82) is 0 Å². The Hall–Kier alpha value is -4.33. The lowest BCUT2D eigenvalue weighted by Crippen LogP contribution is -2.37. The van der Waals surface area contributed by atoms with Gasteiger partial charge in [-0.15, -0.1) is 0 Å². The normalized spacial score (nSPS) is 16.0. The van der Waals surface area contributed by atoms with Gasteiger partial charge in [-0.2, -0.15) is 0 Å². The third kappa shape index (κ3) is 3.85. The molecule has 1 atom stereocenters. The number of ether oxygens (including phenoxy) is 3. The van der Waals surface area contributed by atoms with Crippen molar-refractivity contribution in [2.24, 2.45) is 0 Å². The summed E-state index contributed by atoms with van der Waals surface area (Å²) >= 11 is 0. The number of anilines is 2. The average molecular weight is 430 g/mol. The second kappa shape index (κ2) is 8.07. The van der Waals surface area contributed by atoms with Gasteiger partial charge in [0.25, 0.3) is 11.8 Å². The van der Waals surface area contributed by atoms with Gasteiger partial charge in [-0.1, -0.05) is 24.3 Å². The van der Waals surface area contributed by atoms with Crippen LogP contribution < -0.4 is 20.1 Å². The lowest BCUT2D eigenvalue weighted by molar-refractivity contribution is -0.125. The van der Waals surface area contributed by atoms with Gasteiger partial charge in [0.1, 0.15) is 0 Å². The van der Waals surface area contributed by atoms with E-state index in [-0.39, 0.29) is 12.7 Å². The van der Waals surface area contributed by atoms with Crippen LogP contribution in [0.5, 0.6) is 11.5 Å². The molecule has 32 heavy (non-hydrogen) atoms. The molecular formula is C24H18N2O6. The molecule has 0 saturated heterocycles. The van der Waals surface area contributed by atoms with Gasteiger partial charge in [0.15, 0.2) is 17.6 Å². The predicted molar refractivity (Wildman–Crippen MR) is 115 cm³/mol. The molecule has 0 bridgehead atoms. The van der Waals surface area contributed by atoms with Gasteiger partial charge >= 0.3 is 5.97 Å². The molecule has 2 heterocycles. The first kappa shape index (κ1) is 19.6. The molecule has 2 aliphatic heterocycles. The van der Waals surface area contributed by atoms with Crippen molar-refractivity contribution in [2.45, 2.75) is 12.5 Å². The summed E-state index contributed by atoms with van der Waals surface area (Å²) in [6.07, 6.45) is -0.627. The van der Waals surface area contributed by atoms with Crippen LogP contribution in [0, 0.1) is 0 Å². The van der Waals surface area contributed by atoms with Crippen LogP contribution in [0.1, 0.15) is 26.3 Å². The molecule has 3 aromatic carbocycles. The van der Waals surface area contributed by atoms with Crippen LogP contribution in [0.25, 0.3) is 0 Å². The first-order valence-corrected chi connectivity index (χ1v) is 9.98. The average Bonchev–Trinajstić information content (AvgIpc) is 3.27. The van der Waals surface area contributed by atoms with Crippen LogP contribution in [0.4, 0.5) is 11.4 Å². The van der Waals surface area contributed by atoms with Crippen molar-refractivity contribution in [1.82, 2.24) is 0 Å². The minimum atomic E-state index is -0.927. The highest BCUT2D eigenvalue weighted by molar-refractivity contribution is 6.05. The Kier molecular flexibility index (Phi) is 4.95. The van der Waals surface area contributed by atoms with E-state index in [2.05, 4.69) is 10.6 Å². The quantitative estimate of drug-likeness (QED) is 0.615. The maximum atomic E-state index is 12.7. The summed E-state index contributed by atoms with van der Waals surface area (Å²) in [5.74, 6) is -0.173. The molecule has 5 rings (SSSR count). The second-order valence-corrected chi connectivity index (χ2v) is 7.35.